The summed E-state index contributed by atoms with van der Waals surface area (Å²) in [6, 6.07) is 5.10. The van der Waals surface area contributed by atoms with Gasteiger partial charge in [-0.25, -0.2) is 4.39 Å². The highest BCUT2D eigenvalue weighted by Gasteiger charge is 2.50. The summed E-state index contributed by atoms with van der Waals surface area (Å²) in [7, 11) is 1.56. The summed E-state index contributed by atoms with van der Waals surface area (Å²) < 4.78 is 19.4. The van der Waals surface area contributed by atoms with Crippen LogP contribution in [0.15, 0.2) is 18.2 Å². The van der Waals surface area contributed by atoms with Crippen LogP contribution in [0.3, 0.4) is 0 Å². The van der Waals surface area contributed by atoms with Crippen molar-refractivity contribution in [2.75, 3.05) is 7.11 Å². The van der Waals surface area contributed by atoms with E-state index in [9.17, 15) is 4.39 Å². The molecule has 1 atom stereocenters. The predicted molar refractivity (Wildman–Crippen MR) is 82.1 cm³/mol. The highest BCUT2D eigenvalue weighted by molar-refractivity contribution is 6.21. The number of alkyl halides is 1. The lowest BCUT2D eigenvalue weighted by molar-refractivity contribution is -0.0384. The Hall–Kier alpha value is -0.760. The van der Waals surface area contributed by atoms with E-state index in [2.05, 4.69) is 0 Å². The summed E-state index contributed by atoms with van der Waals surface area (Å²) in [4.78, 5) is 0. The molecule has 4 saturated carbocycles. The van der Waals surface area contributed by atoms with Crippen LogP contribution in [0.4, 0.5) is 4.39 Å². The monoisotopic (exact) mass is 308 g/mol. The van der Waals surface area contributed by atoms with Crippen LogP contribution < -0.4 is 4.74 Å². The van der Waals surface area contributed by atoms with Gasteiger partial charge in [0, 0.05) is 11.6 Å². The van der Waals surface area contributed by atoms with Crippen LogP contribution in [-0.4, -0.2) is 7.11 Å². The van der Waals surface area contributed by atoms with Crippen LogP contribution in [-0.2, 0) is 0 Å². The maximum Gasteiger partial charge on any atom is 0.131 e. The minimum absolute atomic E-state index is 0.189. The summed E-state index contributed by atoms with van der Waals surface area (Å²) in [6.45, 7) is 0. The van der Waals surface area contributed by atoms with Crippen molar-refractivity contribution in [3.63, 3.8) is 0 Å². The van der Waals surface area contributed by atoms with Gasteiger partial charge in [0.25, 0.3) is 0 Å². The highest BCUT2D eigenvalue weighted by atomic mass is 35.5. The smallest absolute Gasteiger partial charge is 0.131 e. The molecule has 1 aromatic carbocycles. The Balaban J connectivity index is 1.61. The molecule has 0 N–H and O–H groups in total. The Morgan fingerprint density at radius 1 is 1.10 bits per heavy atom. The average molecular weight is 309 g/mol. The van der Waals surface area contributed by atoms with Gasteiger partial charge in [0.15, 0.2) is 0 Å². The first-order valence-electron chi connectivity index (χ1n) is 8.13. The van der Waals surface area contributed by atoms with Crippen LogP contribution >= 0.6 is 11.6 Å². The van der Waals surface area contributed by atoms with E-state index < -0.39 is 0 Å². The maximum absolute atomic E-state index is 14.3. The standard InChI is InChI=1S/C18H22ClFO/c1-21-14-2-3-15(16(20)9-14)18(19)17-12-5-10-4-11(7-12)8-13(17)6-10/h2-3,9-13,17-18H,4-8H2,1H3. The first-order chi connectivity index (χ1) is 10.2. The van der Waals surface area contributed by atoms with E-state index in [0.717, 1.165) is 11.8 Å². The molecule has 0 saturated heterocycles. The summed E-state index contributed by atoms with van der Waals surface area (Å²) in [5.74, 6) is 4.08. The first kappa shape index (κ1) is 13.9. The van der Waals surface area contributed by atoms with Crippen molar-refractivity contribution >= 4 is 11.6 Å². The van der Waals surface area contributed by atoms with Crippen molar-refractivity contribution in [3.05, 3.63) is 29.6 Å². The van der Waals surface area contributed by atoms with Crippen molar-refractivity contribution in [1.82, 2.24) is 0 Å². The molecule has 0 heterocycles. The van der Waals surface area contributed by atoms with Gasteiger partial charge in [0.2, 0.25) is 0 Å². The molecule has 4 aliphatic carbocycles. The van der Waals surface area contributed by atoms with Crippen molar-refractivity contribution in [1.29, 1.82) is 0 Å². The highest BCUT2D eigenvalue weighted by Crippen LogP contribution is 2.60. The molecule has 0 amide bonds. The number of rotatable bonds is 3. The Morgan fingerprint density at radius 3 is 2.24 bits per heavy atom. The molecule has 1 nitrogen and oxygen atoms in total. The van der Waals surface area contributed by atoms with E-state index in [1.807, 2.05) is 12.1 Å². The molecule has 114 valence electrons. The van der Waals surface area contributed by atoms with Crippen LogP contribution in [0.25, 0.3) is 0 Å². The van der Waals surface area contributed by atoms with E-state index in [0.29, 0.717) is 29.1 Å². The van der Waals surface area contributed by atoms with E-state index in [-0.39, 0.29) is 11.2 Å². The summed E-state index contributed by atoms with van der Waals surface area (Å²) >= 11 is 6.77. The number of halogens is 2. The molecule has 1 aromatic rings. The number of methoxy groups -OCH3 is 1. The topological polar surface area (TPSA) is 9.23 Å². The van der Waals surface area contributed by atoms with Gasteiger partial charge in [0.05, 0.1) is 12.5 Å². The largest absolute Gasteiger partial charge is 0.497 e. The van der Waals surface area contributed by atoms with Gasteiger partial charge < -0.3 is 4.74 Å². The predicted octanol–water partition coefficient (Wildman–Crippen LogP) is 5.19. The van der Waals surface area contributed by atoms with E-state index in [1.54, 1.807) is 7.11 Å². The third kappa shape index (κ3) is 2.27. The van der Waals surface area contributed by atoms with Gasteiger partial charge in [-0.3, -0.25) is 0 Å². The average Bonchev–Trinajstić information content (AvgIpc) is 2.45. The van der Waals surface area contributed by atoms with Gasteiger partial charge in [0.1, 0.15) is 11.6 Å². The van der Waals surface area contributed by atoms with Crippen LogP contribution in [0.2, 0.25) is 0 Å². The lowest BCUT2D eigenvalue weighted by atomic mass is 9.51. The molecule has 4 fully saturated rings. The van der Waals surface area contributed by atoms with Crippen LogP contribution in [0.1, 0.15) is 43.0 Å². The Bertz CT molecular complexity index is 516. The fourth-order valence-corrected chi connectivity index (χ4v) is 6.10. The van der Waals surface area contributed by atoms with E-state index in [1.165, 1.54) is 38.2 Å². The molecular formula is C18H22ClFO. The Labute approximate surface area is 130 Å². The molecule has 0 radical (unpaired) electrons. The second kappa shape index (κ2) is 5.15. The summed E-state index contributed by atoms with van der Waals surface area (Å²) in [5.41, 5.74) is 0.662. The molecule has 4 aliphatic rings. The molecule has 0 spiro atoms. The lowest BCUT2D eigenvalue weighted by Gasteiger charge is -2.55. The molecule has 4 bridgehead atoms. The minimum Gasteiger partial charge on any atom is -0.497 e. The van der Waals surface area contributed by atoms with Gasteiger partial charge in [-0.1, -0.05) is 6.07 Å². The molecule has 5 rings (SSSR count). The third-order valence-electron chi connectivity index (χ3n) is 6.14. The second-order valence-corrected chi connectivity index (χ2v) is 7.77. The zero-order chi connectivity index (χ0) is 14.6. The first-order valence-corrected chi connectivity index (χ1v) is 8.57. The van der Waals surface area contributed by atoms with Crippen molar-refractivity contribution < 1.29 is 9.13 Å². The molecule has 3 heteroatoms. The molecule has 21 heavy (non-hydrogen) atoms. The lowest BCUT2D eigenvalue weighted by Crippen LogP contribution is -2.46. The van der Waals surface area contributed by atoms with Crippen LogP contribution in [0.5, 0.6) is 5.75 Å². The Kier molecular flexibility index (Phi) is 3.40. The van der Waals surface area contributed by atoms with Crippen molar-refractivity contribution in [2.24, 2.45) is 29.6 Å². The number of hydrogen-bond acceptors (Lipinski definition) is 1. The molecule has 0 aromatic heterocycles. The fraction of sp³-hybridized carbons (Fsp3) is 0.667. The normalized spacial score (nSPS) is 38.5. The van der Waals surface area contributed by atoms with Crippen molar-refractivity contribution in [2.45, 2.75) is 37.5 Å². The molecule has 0 aliphatic heterocycles. The summed E-state index contributed by atoms with van der Waals surface area (Å²) in [6.07, 6.45) is 6.71. The SMILES string of the molecule is COc1ccc(C(Cl)C2C3CC4CC(C3)CC2C4)c(F)c1. The van der Waals surface area contributed by atoms with E-state index >= 15 is 0 Å². The van der Waals surface area contributed by atoms with Gasteiger partial charge in [-0.05, 0) is 67.8 Å². The van der Waals surface area contributed by atoms with Gasteiger partial charge >= 0.3 is 0 Å². The third-order valence-corrected chi connectivity index (χ3v) is 6.67. The Morgan fingerprint density at radius 2 is 1.71 bits per heavy atom. The minimum atomic E-state index is -0.219. The van der Waals surface area contributed by atoms with E-state index in [4.69, 9.17) is 16.3 Å². The number of benzene rings is 1. The van der Waals surface area contributed by atoms with Gasteiger partial charge in [-0.2, -0.15) is 0 Å². The zero-order valence-electron chi connectivity index (χ0n) is 12.4. The van der Waals surface area contributed by atoms with Crippen LogP contribution in [0, 0.1) is 35.4 Å². The zero-order valence-corrected chi connectivity index (χ0v) is 13.2. The number of hydrogen-bond donors (Lipinski definition) is 0. The molecule has 1 unspecified atom stereocenters. The quantitative estimate of drug-likeness (QED) is 0.699. The fourth-order valence-electron chi connectivity index (χ4n) is 5.51. The molecular weight excluding hydrogens is 287 g/mol. The maximum atomic E-state index is 14.3. The van der Waals surface area contributed by atoms with Gasteiger partial charge in [-0.15, -0.1) is 11.6 Å². The summed E-state index contributed by atoms with van der Waals surface area (Å²) in [5, 5.41) is -0.189. The second-order valence-electron chi connectivity index (χ2n) is 7.30. The van der Waals surface area contributed by atoms with Crippen molar-refractivity contribution in [3.8, 4) is 5.75 Å². The number of ether oxygens (including phenoxy) is 1.